The van der Waals surface area contributed by atoms with Crippen molar-refractivity contribution in [3.05, 3.63) is 47.9 Å². The Balaban J connectivity index is 1.80. The first-order chi connectivity index (χ1) is 11.6. The molecule has 6 nitrogen and oxygen atoms in total. The summed E-state index contributed by atoms with van der Waals surface area (Å²) in [5.74, 6) is 0.931. The van der Waals surface area contributed by atoms with Gasteiger partial charge in [-0.25, -0.2) is 9.97 Å². The Morgan fingerprint density at radius 1 is 1.21 bits per heavy atom. The van der Waals surface area contributed by atoms with E-state index in [-0.39, 0.29) is 5.91 Å². The summed E-state index contributed by atoms with van der Waals surface area (Å²) in [6.45, 7) is 6.64. The Hall–Kier alpha value is -2.47. The number of amides is 1. The largest absolute Gasteiger partial charge is 0.378 e. The monoisotopic (exact) mass is 326 g/mol. The number of benzene rings is 1. The van der Waals surface area contributed by atoms with Crippen LogP contribution in [0.3, 0.4) is 0 Å². The summed E-state index contributed by atoms with van der Waals surface area (Å²) in [7, 11) is 0. The molecular weight excluding hydrogens is 304 g/mol. The van der Waals surface area contributed by atoms with Gasteiger partial charge in [0.1, 0.15) is 17.8 Å². The Bertz CT molecular complexity index is 712. The van der Waals surface area contributed by atoms with E-state index in [9.17, 15) is 4.79 Å². The summed E-state index contributed by atoms with van der Waals surface area (Å²) in [5.41, 5.74) is 2.60. The number of hydrogen-bond donors (Lipinski definition) is 1. The minimum Gasteiger partial charge on any atom is -0.378 e. The number of ether oxygens (including phenoxy) is 1. The molecule has 2 aromatic rings. The van der Waals surface area contributed by atoms with Crippen LogP contribution in [-0.4, -0.2) is 47.1 Å². The van der Waals surface area contributed by atoms with E-state index in [1.165, 1.54) is 11.9 Å². The van der Waals surface area contributed by atoms with Gasteiger partial charge in [-0.3, -0.25) is 4.79 Å². The molecule has 1 saturated heterocycles. The lowest BCUT2D eigenvalue weighted by Crippen LogP contribution is -2.41. The van der Waals surface area contributed by atoms with E-state index < -0.39 is 0 Å². The van der Waals surface area contributed by atoms with Crippen LogP contribution in [0.4, 0.5) is 11.5 Å². The lowest BCUT2D eigenvalue weighted by atomic mass is 10.0. The predicted octanol–water partition coefficient (Wildman–Crippen LogP) is 2.82. The number of anilines is 2. The van der Waals surface area contributed by atoms with Crippen molar-refractivity contribution >= 4 is 17.4 Å². The van der Waals surface area contributed by atoms with E-state index in [0.717, 1.165) is 5.69 Å². The number of para-hydroxylation sites is 1. The van der Waals surface area contributed by atoms with Gasteiger partial charge >= 0.3 is 0 Å². The van der Waals surface area contributed by atoms with Gasteiger partial charge in [0.2, 0.25) is 0 Å². The van der Waals surface area contributed by atoms with Crippen molar-refractivity contribution in [1.29, 1.82) is 0 Å². The van der Waals surface area contributed by atoms with E-state index >= 15 is 0 Å². The lowest BCUT2D eigenvalue weighted by Gasteiger charge is -2.26. The van der Waals surface area contributed by atoms with Crippen molar-refractivity contribution in [2.75, 3.05) is 31.6 Å². The molecule has 1 aliphatic rings. The number of carbonyl (C=O) groups is 1. The first kappa shape index (κ1) is 16.4. The fourth-order valence-corrected chi connectivity index (χ4v) is 2.72. The zero-order chi connectivity index (χ0) is 16.9. The Morgan fingerprint density at radius 3 is 2.71 bits per heavy atom. The second kappa shape index (κ2) is 7.40. The number of nitrogens with zero attached hydrogens (tertiary/aromatic N) is 3. The van der Waals surface area contributed by atoms with Crippen molar-refractivity contribution in [2.45, 2.75) is 19.8 Å². The molecule has 6 heteroatoms. The first-order valence-electron chi connectivity index (χ1n) is 8.20. The number of aromatic nitrogens is 2. The maximum absolute atomic E-state index is 12.5. The first-order valence-corrected chi connectivity index (χ1v) is 8.20. The molecule has 0 unspecified atom stereocenters. The van der Waals surface area contributed by atoms with E-state index in [1.807, 2.05) is 18.2 Å². The highest BCUT2D eigenvalue weighted by Crippen LogP contribution is 2.26. The van der Waals surface area contributed by atoms with Gasteiger partial charge in [0.05, 0.1) is 13.2 Å². The molecule has 0 spiro atoms. The molecule has 0 radical (unpaired) electrons. The minimum atomic E-state index is -0.0825. The molecule has 3 rings (SSSR count). The van der Waals surface area contributed by atoms with Crippen LogP contribution in [0.2, 0.25) is 0 Å². The summed E-state index contributed by atoms with van der Waals surface area (Å²) >= 11 is 0. The third kappa shape index (κ3) is 3.71. The third-order valence-electron chi connectivity index (χ3n) is 4.03. The molecule has 126 valence electrons. The minimum absolute atomic E-state index is 0.0825. The Kier molecular flexibility index (Phi) is 5.05. The van der Waals surface area contributed by atoms with Crippen LogP contribution in [0.1, 0.15) is 35.8 Å². The maximum atomic E-state index is 12.5. The number of rotatable bonds is 4. The van der Waals surface area contributed by atoms with Crippen molar-refractivity contribution in [3.8, 4) is 0 Å². The molecule has 1 amide bonds. The van der Waals surface area contributed by atoms with Crippen molar-refractivity contribution in [3.63, 3.8) is 0 Å². The van der Waals surface area contributed by atoms with E-state index in [4.69, 9.17) is 4.74 Å². The van der Waals surface area contributed by atoms with Crippen molar-refractivity contribution in [2.24, 2.45) is 0 Å². The molecule has 0 atom stereocenters. The molecule has 0 bridgehead atoms. The van der Waals surface area contributed by atoms with Crippen LogP contribution in [0.25, 0.3) is 0 Å². The normalized spacial score (nSPS) is 14.7. The van der Waals surface area contributed by atoms with Gasteiger partial charge in [0.15, 0.2) is 0 Å². The molecule has 1 fully saturated rings. The standard InChI is InChI=1S/C18H22N4O2/c1-13(2)14-5-3-4-6-15(14)21-17-11-16(19-12-20-17)18(23)22-7-9-24-10-8-22/h3-6,11-13H,7-10H2,1-2H3,(H,19,20,21). The SMILES string of the molecule is CC(C)c1ccccc1Nc1cc(C(=O)N2CCOCC2)ncn1. The predicted molar refractivity (Wildman–Crippen MR) is 92.6 cm³/mol. The van der Waals surface area contributed by atoms with Crippen LogP contribution in [0.15, 0.2) is 36.7 Å². The highest BCUT2D eigenvalue weighted by Gasteiger charge is 2.20. The van der Waals surface area contributed by atoms with E-state index in [0.29, 0.717) is 43.7 Å². The van der Waals surface area contributed by atoms with Gasteiger partial charge in [-0.05, 0) is 17.5 Å². The third-order valence-corrected chi connectivity index (χ3v) is 4.03. The molecule has 24 heavy (non-hydrogen) atoms. The Labute approximate surface area is 141 Å². The molecular formula is C18H22N4O2. The second-order valence-electron chi connectivity index (χ2n) is 6.06. The van der Waals surface area contributed by atoms with Gasteiger partial charge in [-0.1, -0.05) is 32.0 Å². The zero-order valence-corrected chi connectivity index (χ0v) is 14.0. The summed E-state index contributed by atoms with van der Waals surface area (Å²) in [6.07, 6.45) is 1.42. The zero-order valence-electron chi connectivity index (χ0n) is 14.0. The highest BCUT2D eigenvalue weighted by atomic mass is 16.5. The molecule has 1 aliphatic heterocycles. The van der Waals surface area contributed by atoms with Crippen LogP contribution >= 0.6 is 0 Å². The van der Waals surface area contributed by atoms with E-state index in [1.54, 1.807) is 11.0 Å². The fourth-order valence-electron chi connectivity index (χ4n) is 2.72. The Morgan fingerprint density at radius 2 is 1.96 bits per heavy atom. The van der Waals surface area contributed by atoms with Crippen molar-refractivity contribution < 1.29 is 9.53 Å². The van der Waals surface area contributed by atoms with E-state index in [2.05, 4.69) is 35.2 Å². The summed E-state index contributed by atoms with van der Waals surface area (Å²) < 4.78 is 5.29. The molecule has 1 N–H and O–H groups in total. The molecule has 0 saturated carbocycles. The quantitative estimate of drug-likeness (QED) is 0.936. The molecule has 0 aliphatic carbocycles. The van der Waals surface area contributed by atoms with Gasteiger partial charge in [0, 0.05) is 24.8 Å². The fraction of sp³-hybridized carbons (Fsp3) is 0.389. The summed E-state index contributed by atoms with van der Waals surface area (Å²) in [4.78, 5) is 22.7. The maximum Gasteiger partial charge on any atom is 0.272 e. The molecule has 2 heterocycles. The highest BCUT2D eigenvalue weighted by molar-refractivity contribution is 5.93. The number of morpholine rings is 1. The average Bonchev–Trinajstić information content (AvgIpc) is 2.62. The number of hydrogen-bond acceptors (Lipinski definition) is 5. The van der Waals surface area contributed by atoms with Crippen LogP contribution in [-0.2, 0) is 4.74 Å². The van der Waals surface area contributed by atoms with Crippen molar-refractivity contribution in [1.82, 2.24) is 14.9 Å². The van der Waals surface area contributed by atoms with Gasteiger partial charge in [-0.2, -0.15) is 0 Å². The number of carbonyl (C=O) groups excluding carboxylic acids is 1. The second-order valence-corrected chi connectivity index (χ2v) is 6.06. The van der Waals surface area contributed by atoms with Crippen LogP contribution in [0, 0.1) is 0 Å². The lowest BCUT2D eigenvalue weighted by molar-refractivity contribution is 0.0299. The summed E-state index contributed by atoms with van der Waals surface area (Å²) in [6, 6.07) is 9.81. The summed E-state index contributed by atoms with van der Waals surface area (Å²) in [5, 5.41) is 3.31. The van der Waals surface area contributed by atoms with Crippen LogP contribution in [0.5, 0.6) is 0 Å². The average molecular weight is 326 g/mol. The topological polar surface area (TPSA) is 67.4 Å². The van der Waals surface area contributed by atoms with Gasteiger partial charge in [-0.15, -0.1) is 0 Å². The van der Waals surface area contributed by atoms with Gasteiger partial charge in [0.25, 0.3) is 5.91 Å². The van der Waals surface area contributed by atoms with Crippen LogP contribution < -0.4 is 5.32 Å². The molecule has 1 aromatic carbocycles. The van der Waals surface area contributed by atoms with Gasteiger partial charge < -0.3 is 15.0 Å². The molecule has 1 aromatic heterocycles. The smallest absolute Gasteiger partial charge is 0.272 e. The number of nitrogens with one attached hydrogen (secondary N) is 1.